The molecule has 25 heavy (non-hydrogen) atoms. The molecule has 0 N–H and O–H groups in total. The molecular formula is C20H21N3O2. The van der Waals surface area contributed by atoms with Crippen molar-refractivity contribution in [3.63, 3.8) is 0 Å². The third-order valence-electron chi connectivity index (χ3n) is 4.52. The minimum atomic E-state index is 0.0773. The minimum absolute atomic E-state index is 0.0773. The molecule has 1 saturated carbocycles. The number of hydrogen-bond acceptors (Lipinski definition) is 3. The van der Waals surface area contributed by atoms with Gasteiger partial charge in [0.25, 0.3) is 5.91 Å². The maximum absolute atomic E-state index is 13.0. The van der Waals surface area contributed by atoms with Crippen LogP contribution < -0.4 is 0 Å². The fourth-order valence-corrected chi connectivity index (χ4v) is 3.04. The van der Waals surface area contributed by atoms with E-state index in [1.54, 1.807) is 4.68 Å². The second kappa shape index (κ2) is 6.24. The molecule has 2 heterocycles. The number of carbonyl (C=O) groups is 1. The quantitative estimate of drug-likeness (QED) is 0.713. The lowest BCUT2D eigenvalue weighted by molar-refractivity contribution is 0.0730. The summed E-state index contributed by atoms with van der Waals surface area (Å²) in [6.07, 6.45) is 5.95. The van der Waals surface area contributed by atoms with Crippen LogP contribution in [0.25, 0.3) is 11.3 Å². The highest BCUT2D eigenvalue weighted by Gasteiger charge is 2.33. The van der Waals surface area contributed by atoms with Crippen molar-refractivity contribution >= 4 is 5.91 Å². The zero-order valence-electron chi connectivity index (χ0n) is 14.5. The van der Waals surface area contributed by atoms with Crippen molar-refractivity contribution in [1.29, 1.82) is 0 Å². The highest BCUT2D eigenvalue weighted by molar-refractivity contribution is 5.95. The molecule has 128 valence electrons. The lowest BCUT2D eigenvalue weighted by Crippen LogP contribution is -2.32. The first kappa shape index (κ1) is 15.7. The number of aromatic nitrogens is 2. The summed E-state index contributed by atoms with van der Waals surface area (Å²) in [4.78, 5) is 14.9. The van der Waals surface area contributed by atoms with Gasteiger partial charge in [-0.05, 0) is 44.0 Å². The molecule has 5 nitrogen and oxygen atoms in total. The summed E-state index contributed by atoms with van der Waals surface area (Å²) >= 11 is 0. The summed E-state index contributed by atoms with van der Waals surface area (Å²) in [6, 6.07) is 11.9. The van der Waals surface area contributed by atoms with Gasteiger partial charge in [0, 0.05) is 42.5 Å². The van der Waals surface area contributed by atoms with Crippen molar-refractivity contribution in [2.75, 3.05) is 0 Å². The van der Waals surface area contributed by atoms with E-state index in [9.17, 15) is 4.79 Å². The van der Waals surface area contributed by atoms with Crippen molar-refractivity contribution < 1.29 is 9.21 Å². The monoisotopic (exact) mass is 335 g/mol. The largest absolute Gasteiger partial charge is 0.461 e. The van der Waals surface area contributed by atoms with Crippen LogP contribution in [-0.2, 0) is 13.6 Å². The Hall–Kier alpha value is -2.82. The van der Waals surface area contributed by atoms with Gasteiger partial charge in [0.05, 0.1) is 6.20 Å². The van der Waals surface area contributed by atoms with E-state index in [2.05, 4.69) is 5.10 Å². The maximum Gasteiger partial charge on any atom is 0.254 e. The summed E-state index contributed by atoms with van der Waals surface area (Å²) < 4.78 is 7.41. The average molecular weight is 335 g/mol. The molecule has 5 heteroatoms. The van der Waals surface area contributed by atoms with Gasteiger partial charge >= 0.3 is 0 Å². The van der Waals surface area contributed by atoms with Crippen molar-refractivity contribution in [2.45, 2.75) is 32.4 Å². The minimum Gasteiger partial charge on any atom is -0.461 e. The highest BCUT2D eigenvalue weighted by Crippen LogP contribution is 2.30. The molecule has 0 bridgehead atoms. The summed E-state index contributed by atoms with van der Waals surface area (Å²) in [5.74, 6) is 1.78. The first-order valence-electron chi connectivity index (χ1n) is 8.55. The van der Waals surface area contributed by atoms with Gasteiger partial charge in [0.2, 0.25) is 0 Å². The van der Waals surface area contributed by atoms with Crippen LogP contribution in [0.15, 0.2) is 53.2 Å². The SMILES string of the molecule is Cc1ccc(-c2ccc(C(=O)N(Cc3cnn(C)c3)C3CC3)cc2)o1. The number of nitrogens with zero attached hydrogens (tertiary/aromatic N) is 3. The van der Waals surface area contributed by atoms with E-state index in [4.69, 9.17) is 4.42 Å². The Bertz CT molecular complexity index is 888. The molecule has 0 radical (unpaired) electrons. The molecule has 0 aliphatic heterocycles. The van der Waals surface area contributed by atoms with Crippen molar-refractivity contribution in [1.82, 2.24) is 14.7 Å². The summed E-state index contributed by atoms with van der Waals surface area (Å²) in [6.45, 7) is 2.53. The van der Waals surface area contributed by atoms with E-state index in [1.165, 1.54) is 0 Å². The van der Waals surface area contributed by atoms with Crippen molar-refractivity contribution in [3.05, 3.63) is 65.7 Å². The van der Waals surface area contributed by atoms with Gasteiger partial charge in [-0.3, -0.25) is 9.48 Å². The number of amides is 1. The van der Waals surface area contributed by atoms with Crippen LogP contribution in [-0.4, -0.2) is 26.6 Å². The molecular weight excluding hydrogens is 314 g/mol. The second-order valence-corrected chi connectivity index (χ2v) is 6.67. The smallest absolute Gasteiger partial charge is 0.254 e. The average Bonchev–Trinajstić information content (AvgIpc) is 3.24. The predicted octanol–water partition coefficient (Wildman–Crippen LogP) is 3.79. The van der Waals surface area contributed by atoms with Crippen LogP contribution in [0.1, 0.15) is 34.5 Å². The predicted molar refractivity (Wildman–Crippen MR) is 95.0 cm³/mol. The van der Waals surface area contributed by atoms with E-state index in [0.717, 1.165) is 35.5 Å². The van der Waals surface area contributed by atoms with Crippen molar-refractivity contribution in [3.8, 4) is 11.3 Å². The molecule has 1 aromatic carbocycles. The zero-order chi connectivity index (χ0) is 17.4. The molecule has 0 spiro atoms. The Kier molecular flexibility index (Phi) is 3.92. The Morgan fingerprint density at radius 2 is 2.00 bits per heavy atom. The number of carbonyl (C=O) groups excluding carboxylic acids is 1. The first-order chi connectivity index (χ1) is 12.1. The Balaban J connectivity index is 1.53. The topological polar surface area (TPSA) is 51.3 Å². The lowest BCUT2D eigenvalue weighted by atomic mass is 10.1. The van der Waals surface area contributed by atoms with Crippen LogP contribution in [0, 0.1) is 6.92 Å². The summed E-state index contributed by atoms with van der Waals surface area (Å²) in [5, 5.41) is 4.20. The number of furan rings is 1. The molecule has 1 aliphatic rings. The van der Waals surface area contributed by atoms with Crippen LogP contribution >= 0.6 is 0 Å². The highest BCUT2D eigenvalue weighted by atomic mass is 16.3. The normalized spacial score (nSPS) is 13.8. The molecule has 1 fully saturated rings. The molecule has 3 aromatic rings. The van der Waals surface area contributed by atoms with Crippen molar-refractivity contribution in [2.24, 2.45) is 7.05 Å². The molecule has 0 saturated heterocycles. The van der Waals surface area contributed by atoms with Gasteiger partial charge in [-0.25, -0.2) is 0 Å². The zero-order valence-corrected chi connectivity index (χ0v) is 14.5. The standard InChI is InChI=1S/C20H21N3O2/c1-14-3-10-19(25-14)16-4-6-17(7-5-16)20(24)23(18-8-9-18)13-15-11-21-22(2)12-15/h3-7,10-12,18H,8-9,13H2,1-2H3. The van der Waals surface area contributed by atoms with E-state index in [-0.39, 0.29) is 5.91 Å². The molecule has 1 amide bonds. The van der Waals surface area contributed by atoms with Crippen LogP contribution in [0.5, 0.6) is 0 Å². The Labute approximate surface area is 146 Å². The van der Waals surface area contributed by atoms with Gasteiger partial charge in [-0.1, -0.05) is 12.1 Å². The number of rotatable bonds is 5. The van der Waals surface area contributed by atoms with Gasteiger partial charge in [0.1, 0.15) is 11.5 Å². The van der Waals surface area contributed by atoms with Gasteiger partial charge < -0.3 is 9.32 Å². The molecule has 2 aromatic heterocycles. The number of aryl methyl sites for hydroxylation is 2. The van der Waals surface area contributed by atoms with Gasteiger partial charge in [-0.15, -0.1) is 0 Å². The molecule has 0 unspecified atom stereocenters. The second-order valence-electron chi connectivity index (χ2n) is 6.67. The van der Waals surface area contributed by atoms with Crippen LogP contribution in [0.3, 0.4) is 0 Å². The van der Waals surface area contributed by atoms with Gasteiger partial charge in [0.15, 0.2) is 0 Å². The van der Waals surface area contributed by atoms with E-state index < -0.39 is 0 Å². The molecule has 0 atom stereocenters. The summed E-state index contributed by atoms with van der Waals surface area (Å²) in [7, 11) is 1.89. The van der Waals surface area contributed by atoms with Crippen LogP contribution in [0.2, 0.25) is 0 Å². The summed E-state index contributed by atoms with van der Waals surface area (Å²) in [5.41, 5.74) is 2.75. The van der Waals surface area contributed by atoms with E-state index in [0.29, 0.717) is 18.2 Å². The third kappa shape index (κ3) is 3.36. The molecule has 4 rings (SSSR count). The fraction of sp³-hybridized carbons (Fsp3) is 0.300. The van der Waals surface area contributed by atoms with Gasteiger partial charge in [-0.2, -0.15) is 5.10 Å². The number of hydrogen-bond donors (Lipinski definition) is 0. The Morgan fingerprint density at radius 3 is 2.56 bits per heavy atom. The van der Waals surface area contributed by atoms with Crippen LogP contribution in [0.4, 0.5) is 0 Å². The first-order valence-corrected chi connectivity index (χ1v) is 8.55. The number of benzene rings is 1. The van der Waals surface area contributed by atoms with E-state index in [1.807, 2.05) is 67.7 Å². The maximum atomic E-state index is 13.0. The Morgan fingerprint density at radius 1 is 1.24 bits per heavy atom. The third-order valence-corrected chi connectivity index (χ3v) is 4.52. The molecule has 1 aliphatic carbocycles. The lowest BCUT2D eigenvalue weighted by Gasteiger charge is -2.22. The fourth-order valence-electron chi connectivity index (χ4n) is 3.04. The van der Waals surface area contributed by atoms with E-state index >= 15 is 0 Å².